The minimum atomic E-state index is 0.803. The third kappa shape index (κ3) is 2.43. The Hall–Kier alpha value is -2.35. The van der Waals surface area contributed by atoms with Gasteiger partial charge in [-0.25, -0.2) is 0 Å². The van der Waals surface area contributed by atoms with Crippen LogP contribution in [0.2, 0.25) is 0 Å². The van der Waals surface area contributed by atoms with Gasteiger partial charge in [0.1, 0.15) is 5.69 Å². The molecule has 0 fully saturated rings. The summed E-state index contributed by atoms with van der Waals surface area (Å²) in [6, 6.07) is 20.4. The molecule has 0 saturated heterocycles. The van der Waals surface area contributed by atoms with Gasteiger partial charge in [0, 0.05) is 17.2 Å². The quantitative estimate of drug-likeness (QED) is 0.679. The Kier molecular flexibility index (Phi) is 3.15. The Morgan fingerprint density at radius 1 is 0.895 bits per heavy atom. The van der Waals surface area contributed by atoms with Crippen LogP contribution in [0.15, 0.2) is 65.2 Å². The zero-order chi connectivity index (χ0) is 13.1. The van der Waals surface area contributed by atoms with E-state index in [1.165, 1.54) is 5.56 Å². The number of hydrogen-bond donors (Lipinski definition) is 0. The van der Waals surface area contributed by atoms with Gasteiger partial charge < -0.3 is 4.52 Å². The largest absolute Gasteiger partial charge is 0.356 e. The second-order valence-corrected chi connectivity index (χ2v) is 4.50. The fourth-order valence-electron chi connectivity index (χ4n) is 2.10. The van der Waals surface area contributed by atoms with Gasteiger partial charge in [0.15, 0.2) is 5.76 Å². The standard InChI is InChI=1S/C17H15NO/c1-2-13-7-6-10-15(11-13)16-12-17(19-18-16)14-8-4-3-5-9-14/h3-12H,2H2,1H3. The van der Waals surface area contributed by atoms with E-state index in [-0.39, 0.29) is 0 Å². The zero-order valence-electron chi connectivity index (χ0n) is 10.8. The molecule has 0 radical (unpaired) electrons. The van der Waals surface area contributed by atoms with Crippen molar-refractivity contribution in [1.29, 1.82) is 0 Å². The van der Waals surface area contributed by atoms with E-state index >= 15 is 0 Å². The Labute approximate surface area is 112 Å². The number of aromatic nitrogens is 1. The number of rotatable bonds is 3. The van der Waals surface area contributed by atoms with Crippen LogP contribution in [0.25, 0.3) is 22.6 Å². The minimum Gasteiger partial charge on any atom is -0.356 e. The minimum absolute atomic E-state index is 0.803. The lowest BCUT2D eigenvalue weighted by molar-refractivity contribution is 0.435. The molecule has 2 heteroatoms. The first-order valence-electron chi connectivity index (χ1n) is 6.48. The fourth-order valence-corrected chi connectivity index (χ4v) is 2.10. The van der Waals surface area contributed by atoms with E-state index in [1.807, 2.05) is 36.4 Å². The monoisotopic (exact) mass is 249 g/mol. The molecule has 0 unspecified atom stereocenters. The summed E-state index contributed by atoms with van der Waals surface area (Å²) < 4.78 is 5.43. The molecule has 2 aromatic carbocycles. The third-order valence-electron chi connectivity index (χ3n) is 3.20. The topological polar surface area (TPSA) is 26.0 Å². The van der Waals surface area contributed by atoms with E-state index in [9.17, 15) is 0 Å². The molecule has 1 aromatic heterocycles. The molecular weight excluding hydrogens is 234 g/mol. The maximum absolute atomic E-state index is 5.43. The number of aryl methyl sites for hydroxylation is 1. The van der Waals surface area contributed by atoms with Gasteiger partial charge in [0.25, 0.3) is 0 Å². The molecule has 0 bridgehead atoms. The first kappa shape index (κ1) is 11.7. The van der Waals surface area contributed by atoms with Gasteiger partial charge in [0.2, 0.25) is 0 Å². The van der Waals surface area contributed by atoms with Crippen molar-refractivity contribution in [1.82, 2.24) is 5.16 Å². The van der Waals surface area contributed by atoms with Crippen molar-refractivity contribution >= 4 is 0 Å². The lowest BCUT2D eigenvalue weighted by atomic mass is 10.1. The molecule has 0 N–H and O–H groups in total. The van der Waals surface area contributed by atoms with Gasteiger partial charge in [-0.1, -0.05) is 60.6 Å². The molecule has 3 rings (SSSR count). The van der Waals surface area contributed by atoms with Gasteiger partial charge >= 0.3 is 0 Å². The number of benzene rings is 2. The third-order valence-corrected chi connectivity index (χ3v) is 3.20. The van der Waals surface area contributed by atoms with Crippen LogP contribution in [0, 0.1) is 0 Å². The summed E-state index contributed by atoms with van der Waals surface area (Å²) in [5.74, 6) is 0.803. The summed E-state index contributed by atoms with van der Waals surface area (Å²) in [5, 5.41) is 4.16. The van der Waals surface area contributed by atoms with Crippen molar-refractivity contribution in [2.45, 2.75) is 13.3 Å². The van der Waals surface area contributed by atoms with Crippen LogP contribution in [0.3, 0.4) is 0 Å². The van der Waals surface area contributed by atoms with Crippen LogP contribution in [-0.4, -0.2) is 5.16 Å². The Balaban J connectivity index is 1.97. The average Bonchev–Trinajstić information content (AvgIpc) is 2.98. The van der Waals surface area contributed by atoms with E-state index in [2.05, 4.69) is 36.3 Å². The van der Waals surface area contributed by atoms with Gasteiger partial charge in [-0.2, -0.15) is 0 Å². The smallest absolute Gasteiger partial charge is 0.167 e. The predicted octanol–water partition coefficient (Wildman–Crippen LogP) is 4.57. The summed E-state index contributed by atoms with van der Waals surface area (Å²) >= 11 is 0. The highest BCUT2D eigenvalue weighted by Gasteiger charge is 2.08. The molecule has 0 aliphatic heterocycles. The van der Waals surface area contributed by atoms with E-state index in [1.54, 1.807) is 0 Å². The van der Waals surface area contributed by atoms with Crippen molar-refractivity contribution in [3.8, 4) is 22.6 Å². The highest BCUT2D eigenvalue weighted by molar-refractivity contribution is 5.67. The van der Waals surface area contributed by atoms with E-state index in [0.29, 0.717) is 0 Å². The summed E-state index contributed by atoms with van der Waals surface area (Å²) in [6.07, 6.45) is 1.03. The van der Waals surface area contributed by atoms with Gasteiger partial charge in [-0.15, -0.1) is 0 Å². The second kappa shape index (κ2) is 5.11. The van der Waals surface area contributed by atoms with Crippen LogP contribution in [0.5, 0.6) is 0 Å². The normalized spacial score (nSPS) is 10.6. The highest BCUT2D eigenvalue weighted by atomic mass is 16.5. The SMILES string of the molecule is CCc1cccc(-c2cc(-c3ccccc3)on2)c1. The molecule has 2 nitrogen and oxygen atoms in total. The zero-order valence-corrected chi connectivity index (χ0v) is 10.8. The molecule has 1 heterocycles. The Morgan fingerprint density at radius 2 is 1.68 bits per heavy atom. The summed E-state index contributed by atoms with van der Waals surface area (Å²) in [7, 11) is 0. The first-order valence-corrected chi connectivity index (χ1v) is 6.48. The molecule has 19 heavy (non-hydrogen) atoms. The molecule has 0 aliphatic carbocycles. The Morgan fingerprint density at radius 3 is 2.47 bits per heavy atom. The summed E-state index contributed by atoms with van der Waals surface area (Å²) in [6.45, 7) is 2.15. The van der Waals surface area contributed by atoms with E-state index in [0.717, 1.165) is 29.0 Å². The van der Waals surface area contributed by atoms with E-state index < -0.39 is 0 Å². The molecule has 0 atom stereocenters. The van der Waals surface area contributed by atoms with Crippen LogP contribution in [-0.2, 0) is 6.42 Å². The van der Waals surface area contributed by atoms with Crippen LogP contribution in [0.1, 0.15) is 12.5 Å². The van der Waals surface area contributed by atoms with Gasteiger partial charge in [-0.3, -0.25) is 0 Å². The summed E-state index contributed by atoms with van der Waals surface area (Å²) in [4.78, 5) is 0. The van der Waals surface area contributed by atoms with Crippen LogP contribution >= 0.6 is 0 Å². The summed E-state index contributed by atoms with van der Waals surface area (Å²) in [5.41, 5.74) is 4.34. The lowest BCUT2D eigenvalue weighted by Gasteiger charge is -1.98. The second-order valence-electron chi connectivity index (χ2n) is 4.50. The molecular formula is C17H15NO. The van der Waals surface area contributed by atoms with Gasteiger partial charge in [0.05, 0.1) is 0 Å². The Bertz CT molecular complexity index is 670. The fraction of sp³-hybridized carbons (Fsp3) is 0.118. The first-order chi connectivity index (χ1) is 9.36. The molecule has 0 amide bonds. The van der Waals surface area contributed by atoms with Crippen molar-refractivity contribution in [3.63, 3.8) is 0 Å². The molecule has 3 aromatic rings. The van der Waals surface area contributed by atoms with Crippen molar-refractivity contribution in [3.05, 3.63) is 66.2 Å². The molecule has 0 saturated carbocycles. The highest BCUT2D eigenvalue weighted by Crippen LogP contribution is 2.26. The molecule has 94 valence electrons. The number of nitrogens with zero attached hydrogens (tertiary/aromatic N) is 1. The van der Waals surface area contributed by atoms with Crippen molar-refractivity contribution < 1.29 is 4.52 Å². The average molecular weight is 249 g/mol. The van der Waals surface area contributed by atoms with Crippen LogP contribution < -0.4 is 0 Å². The van der Waals surface area contributed by atoms with Crippen molar-refractivity contribution in [2.24, 2.45) is 0 Å². The lowest BCUT2D eigenvalue weighted by Crippen LogP contribution is -1.82. The van der Waals surface area contributed by atoms with Crippen LogP contribution in [0.4, 0.5) is 0 Å². The van der Waals surface area contributed by atoms with E-state index in [4.69, 9.17) is 4.52 Å². The molecule has 0 aliphatic rings. The van der Waals surface area contributed by atoms with Gasteiger partial charge in [-0.05, 0) is 18.1 Å². The predicted molar refractivity (Wildman–Crippen MR) is 76.8 cm³/mol. The number of hydrogen-bond acceptors (Lipinski definition) is 2. The maximum atomic E-state index is 5.43. The molecule has 0 spiro atoms. The maximum Gasteiger partial charge on any atom is 0.167 e. The van der Waals surface area contributed by atoms with Crippen molar-refractivity contribution in [2.75, 3.05) is 0 Å².